The van der Waals surface area contributed by atoms with Crippen LogP contribution in [0, 0.1) is 5.92 Å². The second-order valence-electron chi connectivity index (χ2n) is 7.10. The molecule has 144 valence electrons. The lowest BCUT2D eigenvalue weighted by atomic mass is 9.89. The maximum atomic E-state index is 13.2. The van der Waals surface area contributed by atoms with Gasteiger partial charge < -0.3 is 20.1 Å². The molecule has 28 heavy (non-hydrogen) atoms. The summed E-state index contributed by atoms with van der Waals surface area (Å²) in [6.45, 7) is 2.05. The molecular formula is C21H20N2O5. The van der Waals surface area contributed by atoms with Gasteiger partial charge in [0.15, 0.2) is 11.9 Å². The van der Waals surface area contributed by atoms with Gasteiger partial charge in [-0.05, 0) is 24.6 Å². The number of carbonyl (C=O) groups is 3. The molecule has 2 N–H and O–H groups in total. The minimum atomic E-state index is -0.920. The van der Waals surface area contributed by atoms with E-state index in [2.05, 4.69) is 5.32 Å². The Bertz CT molecular complexity index is 943. The molecule has 2 aliphatic rings. The van der Waals surface area contributed by atoms with E-state index < -0.39 is 18.0 Å². The number of para-hydroxylation sites is 1. The van der Waals surface area contributed by atoms with Gasteiger partial charge in [-0.25, -0.2) is 0 Å². The van der Waals surface area contributed by atoms with E-state index in [4.69, 9.17) is 4.74 Å². The van der Waals surface area contributed by atoms with E-state index in [1.807, 2.05) is 30.3 Å². The highest BCUT2D eigenvalue weighted by atomic mass is 16.5. The third-order valence-corrected chi connectivity index (χ3v) is 5.32. The zero-order valence-electron chi connectivity index (χ0n) is 15.3. The van der Waals surface area contributed by atoms with Crippen molar-refractivity contribution in [1.29, 1.82) is 0 Å². The Morgan fingerprint density at radius 3 is 2.57 bits per heavy atom. The molecule has 0 spiro atoms. The molecule has 2 aromatic carbocycles. The van der Waals surface area contributed by atoms with E-state index in [0.29, 0.717) is 23.5 Å². The zero-order chi connectivity index (χ0) is 19.8. The van der Waals surface area contributed by atoms with Crippen molar-refractivity contribution in [2.45, 2.75) is 18.9 Å². The summed E-state index contributed by atoms with van der Waals surface area (Å²) < 4.78 is 5.67. The van der Waals surface area contributed by atoms with Gasteiger partial charge in [-0.1, -0.05) is 36.4 Å². The maximum absolute atomic E-state index is 13.2. The van der Waals surface area contributed by atoms with Gasteiger partial charge >= 0.3 is 5.97 Å². The molecule has 2 amide bonds. The molecule has 2 aliphatic heterocycles. The summed E-state index contributed by atoms with van der Waals surface area (Å²) in [4.78, 5) is 38.4. The van der Waals surface area contributed by atoms with E-state index in [0.717, 1.165) is 5.56 Å². The number of aliphatic carboxylic acids is 1. The maximum Gasteiger partial charge on any atom is 0.308 e. The standard InChI is InChI=1S/C21H20N2O5/c1-12-19(24)22-17-9-5-8-14(18(17)28-12)20(25)23-10-15(16(11-23)21(26)27)13-6-3-2-4-7-13/h2-9,12,15-16H,10-11H2,1H3,(H,22,24)(H,26,27)/t12?,15-,16-/m0/s1. The first-order valence-corrected chi connectivity index (χ1v) is 9.13. The van der Waals surface area contributed by atoms with E-state index >= 15 is 0 Å². The molecule has 3 atom stereocenters. The van der Waals surface area contributed by atoms with Crippen LogP contribution < -0.4 is 10.1 Å². The Labute approximate surface area is 161 Å². The number of ether oxygens (including phenoxy) is 1. The van der Waals surface area contributed by atoms with Gasteiger partial charge in [-0.3, -0.25) is 14.4 Å². The number of carbonyl (C=O) groups excluding carboxylic acids is 2. The van der Waals surface area contributed by atoms with Gasteiger partial charge in [0.05, 0.1) is 17.2 Å². The molecule has 0 bridgehead atoms. The Hall–Kier alpha value is -3.35. The first kappa shape index (κ1) is 18.0. The number of amides is 2. The van der Waals surface area contributed by atoms with Crippen LogP contribution in [0.1, 0.15) is 28.8 Å². The SMILES string of the molecule is CC1Oc2c(cccc2C(=O)N2C[C@H](C(=O)O)[C@H](c3ccccc3)C2)NC1=O. The molecule has 2 aromatic rings. The van der Waals surface area contributed by atoms with Crippen molar-refractivity contribution in [3.05, 3.63) is 59.7 Å². The van der Waals surface area contributed by atoms with Crippen molar-refractivity contribution in [2.75, 3.05) is 18.4 Å². The van der Waals surface area contributed by atoms with Crippen molar-refractivity contribution < 1.29 is 24.2 Å². The normalized spacial score (nSPS) is 23.5. The molecule has 7 nitrogen and oxygen atoms in total. The van der Waals surface area contributed by atoms with Crippen LogP contribution in [-0.4, -0.2) is 47.0 Å². The fourth-order valence-corrected chi connectivity index (χ4v) is 3.82. The molecule has 1 saturated heterocycles. The highest BCUT2D eigenvalue weighted by Gasteiger charge is 2.41. The highest BCUT2D eigenvalue weighted by Crippen LogP contribution is 2.37. The number of nitrogens with zero attached hydrogens (tertiary/aromatic N) is 1. The minimum Gasteiger partial charge on any atom is -0.481 e. The molecule has 0 saturated carbocycles. The fourth-order valence-electron chi connectivity index (χ4n) is 3.82. The van der Waals surface area contributed by atoms with Crippen LogP contribution in [-0.2, 0) is 9.59 Å². The smallest absolute Gasteiger partial charge is 0.308 e. The van der Waals surface area contributed by atoms with Crippen molar-refractivity contribution in [1.82, 2.24) is 4.90 Å². The van der Waals surface area contributed by atoms with Gasteiger partial charge in [0.2, 0.25) is 0 Å². The van der Waals surface area contributed by atoms with Gasteiger partial charge in [0.1, 0.15) is 0 Å². The zero-order valence-corrected chi connectivity index (χ0v) is 15.3. The molecule has 7 heteroatoms. The Kier molecular flexibility index (Phi) is 4.50. The van der Waals surface area contributed by atoms with E-state index in [1.165, 1.54) is 0 Å². The number of fused-ring (bicyclic) bond motifs is 1. The fraction of sp³-hybridized carbons (Fsp3) is 0.286. The number of rotatable bonds is 3. The molecule has 2 heterocycles. The molecule has 0 aliphatic carbocycles. The Morgan fingerprint density at radius 2 is 1.86 bits per heavy atom. The molecule has 1 fully saturated rings. The van der Waals surface area contributed by atoms with Crippen LogP contribution in [0.25, 0.3) is 0 Å². The second kappa shape index (κ2) is 6.99. The monoisotopic (exact) mass is 380 g/mol. The van der Waals surface area contributed by atoms with Crippen LogP contribution in [0.5, 0.6) is 5.75 Å². The lowest BCUT2D eigenvalue weighted by molar-refractivity contribution is -0.141. The van der Waals surface area contributed by atoms with Gasteiger partial charge in [0.25, 0.3) is 11.8 Å². The first-order valence-electron chi connectivity index (χ1n) is 9.13. The number of hydrogen-bond acceptors (Lipinski definition) is 4. The predicted molar refractivity (Wildman–Crippen MR) is 101 cm³/mol. The van der Waals surface area contributed by atoms with Crippen LogP contribution in [0.15, 0.2) is 48.5 Å². The van der Waals surface area contributed by atoms with Crippen molar-refractivity contribution in [3.63, 3.8) is 0 Å². The third kappa shape index (κ3) is 3.09. The summed E-state index contributed by atoms with van der Waals surface area (Å²) in [5.74, 6) is -2.11. The van der Waals surface area contributed by atoms with Crippen molar-refractivity contribution in [3.8, 4) is 5.75 Å². The van der Waals surface area contributed by atoms with Crippen molar-refractivity contribution >= 4 is 23.5 Å². The summed E-state index contributed by atoms with van der Waals surface area (Å²) in [7, 11) is 0. The summed E-state index contributed by atoms with van der Waals surface area (Å²) in [6, 6.07) is 14.4. The highest BCUT2D eigenvalue weighted by molar-refractivity contribution is 6.04. The molecule has 0 aromatic heterocycles. The molecule has 1 unspecified atom stereocenters. The topological polar surface area (TPSA) is 95.9 Å². The Morgan fingerprint density at radius 1 is 1.11 bits per heavy atom. The summed E-state index contributed by atoms with van der Waals surface area (Å²) >= 11 is 0. The number of benzene rings is 2. The largest absolute Gasteiger partial charge is 0.481 e. The average Bonchev–Trinajstić information content (AvgIpc) is 3.14. The summed E-state index contributed by atoms with van der Waals surface area (Å²) in [6.07, 6.45) is -0.705. The van der Waals surface area contributed by atoms with E-state index in [9.17, 15) is 19.5 Å². The summed E-state index contributed by atoms with van der Waals surface area (Å²) in [5, 5.41) is 12.4. The van der Waals surface area contributed by atoms with E-state index in [1.54, 1.807) is 30.0 Å². The van der Waals surface area contributed by atoms with Crippen LogP contribution in [0.4, 0.5) is 5.69 Å². The average molecular weight is 380 g/mol. The number of likely N-dealkylation sites (tertiary alicyclic amines) is 1. The Balaban J connectivity index is 1.64. The quantitative estimate of drug-likeness (QED) is 0.852. The number of anilines is 1. The van der Waals surface area contributed by atoms with Crippen molar-refractivity contribution in [2.24, 2.45) is 5.92 Å². The minimum absolute atomic E-state index is 0.124. The third-order valence-electron chi connectivity index (χ3n) is 5.32. The second-order valence-corrected chi connectivity index (χ2v) is 7.10. The molecule has 0 radical (unpaired) electrons. The number of nitrogens with one attached hydrogen (secondary N) is 1. The van der Waals surface area contributed by atoms with Gasteiger partial charge in [-0.15, -0.1) is 0 Å². The number of hydrogen-bond donors (Lipinski definition) is 2. The summed E-state index contributed by atoms with van der Waals surface area (Å²) in [5.41, 5.74) is 1.67. The predicted octanol–water partition coefficient (Wildman–Crippen LogP) is 2.35. The van der Waals surface area contributed by atoms with Gasteiger partial charge in [0, 0.05) is 19.0 Å². The molecule has 4 rings (SSSR count). The van der Waals surface area contributed by atoms with Crippen LogP contribution in [0.2, 0.25) is 0 Å². The van der Waals surface area contributed by atoms with E-state index in [-0.39, 0.29) is 24.3 Å². The lowest BCUT2D eigenvalue weighted by Crippen LogP contribution is -2.36. The number of carboxylic acids is 1. The molecular weight excluding hydrogens is 360 g/mol. The lowest BCUT2D eigenvalue weighted by Gasteiger charge is -2.26. The van der Waals surface area contributed by atoms with Crippen LogP contribution in [0.3, 0.4) is 0 Å². The van der Waals surface area contributed by atoms with Gasteiger partial charge in [-0.2, -0.15) is 0 Å². The number of carboxylic acid groups (broad SMARTS) is 1. The van der Waals surface area contributed by atoms with Crippen LogP contribution >= 0.6 is 0 Å². The first-order chi connectivity index (χ1) is 13.5.